The SMILES string of the molecule is CC(O)(O[P+](=O)[O-])O[P+](=O)[O-].[Na+].[Na+].[Na+]. The first-order valence-corrected chi connectivity index (χ1v) is 4.42. The Morgan fingerprint density at radius 3 is 1.43 bits per heavy atom. The van der Waals surface area contributed by atoms with Crippen molar-refractivity contribution < 1.29 is 122 Å². The predicted octanol–water partition coefficient (Wildman–Crippen LogP) is -10.3. The van der Waals surface area contributed by atoms with Crippen LogP contribution in [0, 0.1) is 0 Å². The molecular formula is C2H4Na3O7P2+3. The van der Waals surface area contributed by atoms with Gasteiger partial charge in [0.1, 0.15) is 0 Å². The molecule has 0 amide bonds. The topological polar surface area (TPSA) is 119 Å². The Kier molecular flexibility index (Phi) is 22.9. The van der Waals surface area contributed by atoms with E-state index < -0.39 is 22.5 Å². The normalized spacial score (nSPS) is 14.9. The van der Waals surface area contributed by atoms with Crippen LogP contribution < -0.4 is 98.5 Å². The fraction of sp³-hybridized carbons (Fsp3) is 1.00. The summed E-state index contributed by atoms with van der Waals surface area (Å²) in [7, 11) is -6.72. The summed E-state index contributed by atoms with van der Waals surface area (Å²) >= 11 is 0. The van der Waals surface area contributed by atoms with Gasteiger partial charge < -0.3 is 14.9 Å². The van der Waals surface area contributed by atoms with Crippen molar-refractivity contribution in [2.75, 3.05) is 0 Å². The zero-order valence-corrected chi connectivity index (χ0v) is 16.1. The Morgan fingerprint density at radius 2 is 1.29 bits per heavy atom. The van der Waals surface area contributed by atoms with Gasteiger partial charge in [-0.2, -0.15) is 0 Å². The molecule has 0 rings (SSSR count). The van der Waals surface area contributed by atoms with Crippen LogP contribution in [0.5, 0.6) is 0 Å². The second-order valence-corrected chi connectivity index (χ2v) is 2.79. The molecule has 1 N–H and O–H groups in total. The Morgan fingerprint density at radius 1 is 1.07 bits per heavy atom. The van der Waals surface area contributed by atoms with Crippen molar-refractivity contribution in [1.82, 2.24) is 0 Å². The molecule has 64 valence electrons. The summed E-state index contributed by atoms with van der Waals surface area (Å²) in [4.78, 5) is 19.5. The molecule has 0 aromatic heterocycles. The van der Waals surface area contributed by atoms with Gasteiger partial charge in [0.2, 0.25) is 0 Å². The second kappa shape index (κ2) is 12.5. The van der Waals surface area contributed by atoms with E-state index in [1.807, 2.05) is 0 Å². The minimum atomic E-state index is -3.36. The summed E-state index contributed by atoms with van der Waals surface area (Å²) in [6.07, 6.45) is 0. The van der Waals surface area contributed by atoms with Gasteiger partial charge in [-0.15, -0.1) is 0 Å². The molecular weight excluding hydrogens is 267 g/mol. The monoisotopic (exact) mass is 271 g/mol. The maximum Gasteiger partial charge on any atom is 1.00 e. The molecule has 0 aromatic carbocycles. The molecule has 0 aromatic rings. The van der Waals surface area contributed by atoms with Crippen LogP contribution in [0.15, 0.2) is 0 Å². The van der Waals surface area contributed by atoms with Crippen LogP contribution in [0.4, 0.5) is 0 Å². The van der Waals surface area contributed by atoms with Crippen molar-refractivity contribution in [3.8, 4) is 0 Å². The van der Waals surface area contributed by atoms with Crippen molar-refractivity contribution in [3.05, 3.63) is 0 Å². The van der Waals surface area contributed by atoms with Gasteiger partial charge in [-0.25, -0.2) is 0 Å². The summed E-state index contributed by atoms with van der Waals surface area (Å²) in [5.74, 6) is -2.65. The van der Waals surface area contributed by atoms with E-state index in [4.69, 9.17) is 5.11 Å². The third-order valence-corrected chi connectivity index (χ3v) is 1.46. The van der Waals surface area contributed by atoms with Gasteiger partial charge in [0.05, 0.1) is 0 Å². The van der Waals surface area contributed by atoms with Crippen molar-refractivity contribution >= 4 is 16.5 Å². The molecule has 0 spiro atoms. The molecule has 0 saturated carbocycles. The summed E-state index contributed by atoms with van der Waals surface area (Å²) in [6, 6.07) is 0. The first-order chi connectivity index (χ1) is 4.83. The van der Waals surface area contributed by atoms with E-state index in [0.29, 0.717) is 0 Å². The summed E-state index contributed by atoms with van der Waals surface area (Å²) in [5.41, 5.74) is 0. The van der Waals surface area contributed by atoms with Crippen LogP contribution in [-0.2, 0) is 18.2 Å². The van der Waals surface area contributed by atoms with E-state index in [2.05, 4.69) is 9.05 Å². The largest absolute Gasteiger partial charge is 1.00 e. The van der Waals surface area contributed by atoms with Gasteiger partial charge in [0, 0.05) is 6.92 Å². The molecule has 0 bridgehead atoms. The Hall–Kier alpha value is 3.00. The molecule has 7 nitrogen and oxygen atoms in total. The molecule has 0 aliphatic rings. The van der Waals surface area contributed by atoms with Crippen LogP contribution in [0.3, 0.4) is 0 Å². The fourth-order valence-electron chi connectivity index (χ4n) is 0.293. The van der Waals surface area contributed by atoms with Gasteiger partial charge in [-0.05, 0) is 9.13 Å². The molecule has 0 fully saturated rings. The van der Waals surface area contributed by atoms with E-state index in [-0.39, 0.29) is 88.7 Å². The smallest absolute Gasteiger partial charge is 0.566 e. The van der Waals surface area contributed by atoms with Crippen molar-refractivity contribution in [3.63, 3.8) is 0 Å². The predicted molar refractivity (Wildman–Crippen MR) is 28.0 cm³/mol. The van der Waals surface area contributed by atoms with E-state index in [1.165, 1.54) is 0 Å². The Balaban J connectivity index is -0.000000167. The zero-order chi connectivity index (χ0) is 9.07. The average Bonchev–Trinajstić information content (AvgIpc) is 1.53. The van der Waals surface area contributed by atoms with Crippen molar-refractivity contribution in [2.45, 2.75) is 12.9 Å². The van der Waals surface area contributed by atoms with E-state index in [1.54, 1.807) is 0 Å². The quantitative estimate of drug-likeness (QED) is 0.306. The maximum atomic E-state index is 9.77. The van der Waals surface area contributed by atoms with Crippen LogP contribution in [0.2, 0.25) is 0 Å². The molecule has 2 atom stereocenters. The molecule has 0 radical (unpaired) electrons. The minimum Gasteiger partial charge on any atom is -0.566 e. The number of aliphatic hydroxyl groups is 1. The van der Waals surface area contributed by atoms with Gasteiger partial charge in [0.15, 0.2) is 0 Å². The van der Waals surface area contributed by atoms with Crippen LogP contribution in [0.25, 0.3) is 0 Å². The van der Waals surface area contributed by atoms with E-state index >= 15 is 0 Å². The average molecular weight is 271 g/mol. The van der Waals surface area contributed by atoms with E-state index in [0.717, 1.165) is 6.92 Å². The summed E-state index contributed by atoms with van der Waals surface area (Å²) in [6.45, 7) is 0.725. The third-order valence-electron chi connectivity index (χ3n) is 0.488. The zero-order valence-electron chi connectivity index (χ0n) is 8.29. The Labute approximate surface area is 149 Å². The van der Waals surface area contributed by atoms with Gasteiger partial charge in [-0.1, -0.05) is 9.05 Å². The third kappa shape index (κ3) is 17.4. The Bertz CT molecular complexity index is 168. The minimum absolute atomic E-state index is 0. The molecule has 14 heavy (non-hydrogen) atoms. The molecule has 0 aliphatic heterocycles. The first-order valence-electron chi connectivity index (χ1n) is 2.23. The molecule has 0 saturated heterocycles. The molecule has 0 aliphatic carbocycles. The standard InChI is InChI=1S/C2H4O7P2.3Na/c1-2(3,8-10(4)5)9-11(6)7;;;/h3H,1H3;;;/q;3*+1. The maximum absolute atomic E-state index is 9.77. The summed E-state index contributed by atoms with van der Waals surface area (Å²) in [5, 5.41) is 8.64. The number of rotatable bonds is 4. The van der Waals surface area contributed by atoms with Crippen LogP contribution in [-0.4, -0.2) is 11.1 Å². The summed E-state index contributed by atoms with van der Waals surface area (Å²) < 4.78 is 26.9. The second-order valence-electron chi connectivity index (χ2n) is 1.53. The van der Waals surface area contributed by atoms with Crippen molar-refractivity contribution in [2.24, 2.45) is 0 Å². The van der Waals surface area contributed by atoms with Crippen LogP contribution >= 0.6 is 16.5 Å². The fourth-order valence-corrected chi connectivity index (χ4v) is 0.980. The van der Waals surface area contributed by atoms with Gasteiger partial charge >= 0.3 is 111 Å². The number of hydrogen-bond acceptors (Lipinski definition) is 7. The van der Waals surface area contributed by atoms with Gasteiger partial charge in [0.25, 0.3) is 0 Å². The first kappa shape index (κ1) is 25.8. The molecule has 2 unspecified atom stereocenters. The van der Waals surface area contributed by atoms with Gasteiger partial charge in [-0.3, -0.25) is 0 Å². The van der Waals surface area contributed by atoms with E-state index in [9.17, 15) is 18.9 Å². The molecule has 0 heterocycles. The molecule has 12 heteroatoms. The number of hydrogen-bond donors (Lipinski definition) is 1. The van der Waals surface area contributed by atoms with Crippen molar-refractivity contribution in [1.29, 1.82) is 0 Å². The van der Waals surface area contributed by atoms with Crippen LogP contribution in [0.1, 0.15) is 6.92 Å².